The highest BCUT2D eigenvalue weighted by molar-refractivity contribution is 7.80. The second-order valence-electron chi connectivity index (χ2n) is 3.31. The van der Waals surface area contributed by atoms with Crippen LogP contribution in [0.4, 0.5) is 5.69 Å². The highest BCUT2D eigenvalue weighted by Gasteiger charge is 2.08. The summed E-state index contributed by atoms with van der Waals surface area (Å²) in [6, 6.07) is 5.76. The summed E-state index contributed by atoms with van der Waals surface area (Å²) in [5.41, 5.74) is 12.4. The van der Waals surface area contributed by atoms with E-state index in [4.69, 9.17) is 28.4 Å². The normalized spacial score (nSPS) is 9.53. The number of benzene rings is 1. The van der Waals surface area contributed by atoms with Crippen molar-refractivity contribution in [1.82, 2.24) is 0 Å². The zero-order valence-electron chi connectivity index (χ0n) is 9.86. The van der Waals surface area contributed by atoms with Crippen LogP contribution in [-0.4, -0.2) is 18.2 Å². The first-order valence-corrected chi connectivity index (χ1v) is 5.55. The molecule has 0 aliphatic heterocycles. The average molecular weight is 252 g/mol. The molecule has 0 aliphatic carbocycles. The Morgan fingerprint density at radius 1 is 1.47 bits per heavy atom. The number of ether oxygens (including phenoxy) is 1. The highest BCUT2D eigenvalue weighted by Crippen LogP contribution is 2.28. The number of anilines is 1. The molecule has 0 amide bonds. The van der Waals surface area contributed by atoms with Crippen molar-refractivity contribution in [3.05, 3.63) is 23.8 Å². The largest absolute Gasteiger partial charge is 0.495 e. The van der Waals surface area contributed by atoms with Crippen LogP contribution in [0, 0.1) is 0 Å². The quantitative estimate of drug-likeness (QED) is 0.428. The number of hydrogen-bond acceptors (Lipinski definition) is 2. The highest BCUT2D eigenvalue weighted by atomic mass is 32.1. The number of nitrogens with one attached hydrogen (secondary N) is 1. The van der Waals surface area contributed by atoms with Gasteiger partial charge in [-0.05, 0) is 30.3 Å². The van der Waals surface area contributed by atoms with Crippen LogP contribution in [0.15, 0.2) is 23.2 Å². The van der Waals surface area contributed by atoms with Crippen LogP contribution in [0.5, 0.6) is 5.75 Å². The number of hydrogen-bond donors (Lipinski definition) is 3. The van der Waals surface area contributed by atoms with Gasteiger partial charge >= 0.3 is 0 Å². The van der Waals surface area contributed by atoms with Crippen molar-refractivity contribution in [2.45, 2.75) is 13.3 Å². The minimum Gasteiger partial charge on any atom is -0.495 e. The van der Waals surface area contributed by atoms with Gasteiger partial charge in [0, 0.05) is 0 Å². The third kappa shape index (κ3) is 3.60. The summed E-state index contributed by atoms with van der Waals surface area (Å²) in [6.45, 7) is 2.05. The molecule has 5 nitrogen and oxygen atoms in total. The molecule has 1 rings (SSSR count). The van der Waals surface area contributed by atoms with Crippen LogP contribution in [0.3, 0.4) is 0 Å². The molecule has 17 heavy (non-hydrogen) atoms. The lowest BCUT2D eigenvalue weighted by molar-refractivity contribution is 0.416. The van der Waals surface area contributed by atoms with E-state index in [1.54, 1.807) is 7.11 Å². The fourth-order valence-electron chi connectivity index (χ4n) is 1.44. The summed E-state index contributed by atoms with van der Waals surface area (Å²) in [5.74, 6) is 0.632. The minimum atomic E-state index is -0.0737. The van der Waals surface area contributed by atoms with E-state index in [1.807, 2.05) is 25.1 Å². The maximum atomic E-state index is 5.26. The lowest BCUT2D eigenvalue weighted by Crippen LogP contribution is -2.25. The standard InChI is InChI=1S/C11H16N4OS/c1-3-7-5-4-6-8(16-2)9(7)14-11(17)15-10(12)13/h4-6H,3H2,1-2H3,(H5,12,13,14,15,17). The number of methoxy groups -OCH3 is 1. The second kappa shape index (κ2) is 6.05. The fourth-order valence-corrected chi connectivity index (χ4v) is 1.64. The van der Waals surface area contributed by atoms with Gasteiger partial charge in [-0.15, -0.1) is 0 Å². The van der Waals surface area contributed by atoms with E-state index >= 15 is 0 Å². The molecule has 0 aromatic heterocycles. The van der Waals surface area contributed by atoms with Crippen molar-refractivity contribution < 1.29 is 4.74 Å². The molecule has 92 valence electrons. The maximum Gasteiger partial charge on any atom is 0.200 e. The molecule has 1 aromatic rings. The van der Waals surface area contributed by atoms with E-state index in [0.717, 1.165) is 17.7 Å². The zero-order valence-corrected chi connectivity index (χ0v) is 10.7. The van der Waals surface area contributed by atoms with Crippen molar-refractivity contribution in [2.24, 2.45) is 16.5 Å². The van der Waals surface area contributed by atoms with Gasteiger partial charge in [-0.3, -0.25) is 0 Å². The van der Waals surface area contributed by atoms with Crippen LogP contribution < -0.4 is 21.5 Å². The average Bonchev–Trinajstić information content (AvgIpc) is 2.28. The van der Waals surface area contributed by atoms with Crippen LogP contribution in [-0.2, 0) is 6.42 Å². The molecule has 6 heteroatoms. The van der Waals surface area contributed by atoms with Gasteiger partial charge in [-0.2, -0.15) is 4.99 Å². The molecule has 0 atom stereocenters. The Bertz CT molecular complexity index is 419. The topological polar surface area (TPSA) is 85.7 Å². The molecule has 0 bridgehead atoms. The molecule has 0 heterocycles. The van der Waals surface area contributed by atoms with Gasteiger partial charge in [0.1, 0.15) is 5.75 Å². The number of rotatable bonds is 3. The summed E-state index contributed by atoms with van der Waals surface area (Å²) in [4.78, 5) is 3.76. The number of para-hydroxylation sites is 1. The van der Waals surface area contributed by atoms with Crippen molar-refractivity contribution in [3.63, 3.8) is 0 Å². The number of nitrogens with zero attached hydrogens (tertiary/aromatic N) is 1. The van der Waals surface area contributed by atoms with Gasteiger partial charge in [0.25, 0.3) is 0 Å². The molecule has 0 fully saturated rings. The maximum absolute atomic E-state index is 5.26. The Kier molecular flexibility index (Phi) is 4.71. The van der Waals surface area contributed by atoms with E-state index in [9.17, 15) is 0 Å². The van der Waals surface area contributed by atoms with Crippen LogP contribution in [0.25, 0.3) is 0 Å². The van der Waals surface area contributed by atoms with Gasteiger partial charge < -0.3 is 21.5 Å². The second-order valence-corrected chi connectivity index (χ2v) is 3.70. The van der Waals surface area contributed by atoms with Gasteiger partial charge in [-0.25, -0.2) is 0 Å². The lowest BCUT2D eigenvalue weighted by Gasteiger charge is -2.13. The first-order chi connectivity index (χ1) is 8.08. The van der Waals surface area contributed by atoms with E-state index in [1.165, 1.54) is 0 Å². The Balaban J connectivity index is 3.03. The zero-order chi connectivity index (χ0) is 12.8. The van der Waals surface area contributed by atoms with Crippen molar-refractivity contribution in [3.8, 4) is 5.75 Å². The Labute approximate surface area is 106 Å². The first-order valence-electron chi connectivity index (χ1n) is 5.15. The van der Waals surface area contributed by atoms with E-state index in [0.29, 0.717) is 5.75 Å². The fraction of sp³-hybridized carbons (Fsp3) is 0.273. The summed E-state index contributed by atoms with van der Waals surface area (Å²) in [5, 5.41) is 3.18. The number of thiocarbonyl (C=S) groups is 1. The summed E-state index contributed by atoms with van der Waals surface area (Å²) < 4.78 is 5.26. The van der Waals surface area contributed by atoms with Gasteiger partial charge in [0.05, 0.1) is 12.8 Å². The lowest BCUT2D eigenvalue weighted by atomic mass is 10.1. The Hall–Kier alpha value is -1.82. The first kappa shape index (κ1) is 13.2. The minimum absolute atomic E-state index is 0.0737. The molecular formula is C11H16N4OS. The van der Waals surface area contributed by atoms with Crippen LogP contribution in [0.1, 0.15) is 12.5 Å². The van der Waals surface area contributed by atoms with E-state index < -0.39 is 0 Å². The molecule has 0 saturated carbocycles. The monoisotopic (exact) mass is 252 g/mol. The van der Waals surface area contributed by atoms with E-state index in [2.05, 4.69) is 10.3 Å². The molecule has 0 spiro atoms. The molecule has 0 radical (unpaired) electrons. The van der Waals surface area contributed by atoms with Crippen molar-refractivity contribution >= 4 is 29.0 Å². The Morgan fingerprint density at radius 3 is 2.71 bits per heavy atom. The Morgan fingerprint density at radius 2 is 2.18 bits per heavy atom. The van der Waals surface area contributed by atoms with Crippen molar-refractivity contribution in [2.75, 3.05) is 12.4 Å². The van der Waals surface area contributed by atoms with Gasteiger partial charge in [0.15, 0.2) is 5.96 Å². The van der Waals surface area contributed by atoms with Crippen molar-refractivity contribution in [1.29, 1.82) is 0 Å². The molecule has 5 N–H and O–H groups in total. The third-order valence-corrected chi connectivity index (χ3v) is 2.37. The van der Waals surface area contributed by atoms with E-state index in [-0.39, 0.29) is 11.1 Å². The van der Waals surface area contributed by atoms with Gasteiger partial charge in [-0.1, -0.05) is 19.1 Å². The molecule has 1 aromatic carbocycles. The summed E-state index contributed by atoms with van der Waals surface area (Å²) in [6.07, 6.45) is 0.851. The summed E-state index contributed by atoms with van der Waals surface area (Å²) >= 11 is 5.01. The predicted octanol–water partition coefficient (Wildman–Crippen LogP) is 1.23. The smallest absolute Gasteiger partial charge is 0.200 e. The molecule has 0 aliphatic rings. The molecular weight excluding hydrogens is 236 g/mol. The SMILES string of the molecule is CCc1cccc(OC)c1NC(=S)N=C(N)N. The summed E-state index contributed by atoms with van der Waals surface area (Å²) in [7, 11) is 1.60. The predicted molar refractivity (Wildman–Crippen MR) is 74.4 cm³/mol. The number of guanidine groups is 1. The van der Waals surface area contributed by atoms with Crippen LogP contribution in [0.2, 0.25) is 0 Å². The number of aryl methyl sites for hydroxylation is 1. The number of nitrogens with two attached hydrogens (primary N) is 2. The molecule has 0 saturated heterocycles. The number of aliphatic imine (C=N–C) groups is 1. The van der Waals surface area contributed by atoms with Gasteiger partial charge in [0.2, 0.25) is 5.11 Å². The van der Waals surface area contributed by atoms with Crippen LogP contribution >= 0.6 is 12.2 Å². The molecule has 0 unspecified atom stereocenters. The third-order valence-electron chi connectivity index (χ3n) is 2.18.